The van der Waals surface area contributed by atoms with Gasteiger partial charge < -0.3 is 40.4 Å². The Morgan fingerprint density at radius 2 is 0.750 bits per heavy atom. The Balaban J connectivity index is -0.000000247. The molecule has 8 nitrogen and oxygen atoms in total. The third-order valence-corrected chi connectivity index (χ3v) is 16.3. The van der Waals surface area contributed by atoms with Gasteiger partial charge in [0.05, 0.1) is 23.6 Å². The van der Waals surface area contributed by atoms with Gasteiger partial charge in [-0.25, -0.2) is 0 Å². The number of carbonyl (C=O) groups excluding carboxylic acids is 4. The van der Waals surface area contributed by atoms with E-state index in [1.54, 1.807) is 0 Å². The van der Waals surface area contributed by atoms with E-state index in [4.69, 9.17) is 5.32 Å². The molecular weight excluding hydrogens is 1420 g/mol. The molecule has 4 aliphatic heterocycles. The molecule has 8 unspecified atom stereocenters. The third kappa shape index (κ3) is 33.4. The monoisotopic (exact) mass is 1550 g/mol. The first-order valence-electron chi connectivity index (χ1n) is 35.3. The number of carbonyl (C=O) groups is 4. The van der Waals surface area contributed by atoms with Crippen molar-refractivity contribution < 1.29 is 252 Å². The smallest absolute Gasteiger partial charge is 0.653 e. The fourth-order valence-electron chi connectivity index (χ4n) is 13.0. The first-order chi connectivity index (χ1) is 41.9. The maximum atomic E-state index is 12.8. The molecule has 6 aliphatic rings. The minimum Gasteiger partial charge on any atom is -0.653 e. The average Bonchev–Trinajstić information content (AvgIpc) is 1.62. The number of rotatable bonds is 0. The van der Waals surface area contributed by atoms with E-state index in [0.717, 1.165) is 59.7 Å². The molecule has 12 heteroatoms. The number of hydrogen-bond donors (Lipinski definition) is 0. The maximum Gasteiger partial charge on any atom is 1.00 e. The van der Waals surface area contributed by atoms with Crippen LogP contribution in [-0.2, 0) is 32.0 Å². The van der Waals surface area contributed by atoms with Crippen molar-refractivity contribution in [3.05, 3.63) is 141 Å². The van der Waals surface area contributed by atoms with E-state index in [1.807, 2.05) is 178 Å². The van der Waals surface area contributed by atoms with E-state index in [9.17, 15) is 19.2 Å². The molecule has 3 fully saturated rings. The Bertz CT molecular complexity index is 2560. The summed E-state index contributed by atoms with van der Waals surface area (Å²) in [7, 11) is 0. The van der Waals surface area contributed by atoms with E-state index in [2.05, 4.69) is 129 Å². The molecule has 2 aliphatic carbocycles. The molecule has 0 aromatic heterocycles. The van der Waals surface area contributed by atoms with E-state index in [-0.39, 0.29) is 302 Å². The normalized spacial score (nSPS) is 20.8. The molecule has 4 heterocycles. The van der Waals surface area contributed by atoms with Gasteiger partial charge in [-0.2, -0.15) is 0 Å². The van der Waals surface area contributed by atoms with Crippen LogP contribution in [0.4, 0.5) is 11.4 Å². The summed E-state index contributed by atoms with van der Waals surface area (Å²) in [6.07, 6.45) is 13.1. The van der Waals surface area contributed by atoms with Crippen LogP contribution in [0.15, 0.2) is 97.1 Å². The van der Waals surface area contributed by atoms with Crippen molar-refractivity contribution >= 4 is 35.0 Å². The Hall–Kier alpha value is 1.98. The van der Waals surface area contributed by atoms with Gasteiger partial charge in [0.25, 0.3) is 0 Å². The second kappa shape index (κ2) is 56.5. The van der Waals surface area contributed by atoms with Crippen molar-refractivity contribution in [2.45, 2.75) is 282 Å². The quantitative estimate of drug-likeness (QED) is 0.174. The molecule has 4 aromatic carbocycles. The molecule has 0 N–H and O–H groups in total. The molecule has 2 saturated carbocycles. The Labute approximate surface area is 764 Å². The van der Waals surface area contributed by atoms with Crippen LogP contribution in [-0.4, -0.2) is 36.2 Å². The van der Waals surface area contributed by atoms with Crippen molar-refractivity contribution in [2.75, 3.05) is 6.54 Å². The maximum absolute atomic E-state index is 12.8. The Kier molecular flexibility index (Phi) is 64.5. The zero-order chi connectivity index (χ0) is 68.2. The average molecular weight is 1560 g/mol. The van der Waals surface area contributed by atoms with Crippen LogP contribution in [0, 0.1) is 51.2 Å². The molecule has 0 radical (unpaired) electrons. The molecule has 0 bridgehead atoms. The second-order valence-electron chi connectivity index (χ2n) is 25.8. The summed E-state index contributed by atoms with van der Waals surface area (Å²) in [5.41, 5.74) is 8.37. The number of fused-ring (bicyclic) bond motifs is 8. The zero-order valence-corrected chi connectivity index (χ0v) is 85.4. The topological polar surface area (TPSA) is 125 Å². The largest absolute Gasteiger partial charge is 1.00 e. The molecule has 4 aromatic rings. The van der Waals surface area contributed by atoms with Crippen molar-refractivity contribution in [1.29, 1.82) is 0 Å². The number of nitrogens with zero attached hydrogens (tertiary/aromatic N) is 4. The van der Waals surface area contributed by atoms with E-state index < -0.39 is 0 Å². The molecular formula is C80H132N4O4Rb4. The van der Waals surface area contributed by atoms with Crippen LogP contribution in [0.2, 0.25) is 0 Å². The van der Waals surface area contributed by atoms with E-state index in [1.165, 1.54) is 61.6 Å². The van der Waals surface area contributed by atoms with Gasteiger partial charge >= 0.3 is 233 Å². The molecule has 10 rings (SSSR count). The standard InChI is InChI=1S/C18H31NO.C18H19NO.2C14H19NO.8C2H6.4Rb/c2*1-18(2,3)16-14-10-5-4-8-12(14)13-9-6-7-11-15(13)19-17(16)20;1-14(2,3)11-9-8-10-6-4-5-7-12(10)15-13(11)16;1-14(2,3)12-11-7-5-4-6-10(11)8-9-15-13(12)16;8*1-2;;;;/h12-16H,4-11H2,1-3H3,(H,19,20);4-11,16H,1-3H3,(H,19,20);4-7,11H,8-9H2,1-3H3,(H,15,16);4-7,12H,8-9H2,1-3H3,(H,15,16);8*1-2H3;;;;/q;;;;;;;;;;;;4*+1/p-4. The van der Waals surface area contributed by atoms with E-state index >= 15 is 0 Å². The molecule has 0 spiro atoms. The van der Waals surface area contributed by atoms with Crippen LogP contribution in [0.3, 0.4) is 0 Å². The number of amides is 4. The zero-order valence-electron chi connectivity index (χ0n) is 65.8. The first kappa shape index (κ1) is 105. The number of para-hydroxylation sites is 2. The van der Waals surface area contributed by atoms with Crippen LogP contribution in [0.5, 0.6) is 0 Å². The van der Waals surface area contributed by atoms with Gasteiger partial charge in [0.15, 0.2) is 0 Å². The van der Waals surface area contributed by atoms with Crippen molar-refractivity contribution in [3.8, 4) is 11.1 Å². The van der Waals surface area contributed by atoms with Crippen LogP contribution in [0.1, 0.15) is 286 Å². The summed E-state index contributed by atoms with van der Waals surface area (Å²) in [4.78, 5) is 49.5. The van der Waals surface area contributed by atoms with Gasteiger partial charge in [-0.15, -0.1) is 24.0 Å². The summed E-state index contributed by atoms with van der Waals surface area (Å²) in [5, 5.41) is 17.5. The Morgan fingerprint density at radius 3 is 1.25 bits per heavy atom. The van der Waals surface area contributed by atoms with Crippen LogP contribution < -0.4 is 233 Å². The summed E-state index contributed by atoms with van der Waals surface area (Å²) in [5.74, 6) is 2.27. The fourth-order valence-corrected chi connectivity index (χ4v) is 13.0. The predicted molar refractivity (Wildman–Crippen MR) is 387 cm³/mol. The predicted octanol–water partition coefficient (Wildman–Crippen LogP) is 13.3. The third-order valence-electron chi connectivity index (χ3n) is 16.3. The fraction of sp³-hybridized carbons (Fsp3) is 0.650. The van der Waals surface area contributed by atoms with Gasteiger partial charge in [-0.05, 0) is 93.4 Å². The van der Waals surface area contributed by atoms with Gasteiger partial charge in [0.2, 0.25) is 0 Å². The van der Waals surface area contributed by atoms with Gasteiger partial charge in [-0.1, -0.05) is 341 Å². The SMILES string of the molecule is CC.CC.CC.CC.CC.CC.CC.CC.CC(C)(C)C1C(=O)[N-]C2CCCCC2C2CCCCC21.CC(C)(C)C1C(=O)[N-]CCc2ccccc21.CC(C)(C)C1C(=O)[N-]c2ccccc2-c2ccccc21.CC(C)(C)C1CCc2ccccc2[N-]C1=O.[Rb+].[Rb+].[Rb+].[Rb+]. The van der Waals surface area contributed by atoms with Crippen molar-refractivity contribution in [1.82, 2.24) is 0 Å². The van der Waals surface area contributed by atoms with Crippen molar-refractivity contribution in [2.24, 2.45) is 51.2 Å². The van der Waals surface area contributed by atoms with Gasteiger partial charge in [-0.3, -0.25) is 0 Å². The van der Waals surface area contributed by atoms with Gasteiger partial charge in [0, 0.05) is 23.7 Å². The minimum atomic E-state index is -0.203. The van der Waals surface area contributed by atoms with E-state index in [0.29, 0.717) is 24.4 Å². The summed E-state index contributed by atoms with van der Waals surface area (Å²) < 4.78 is 0. The summed E-state index contributed by atoms with van der Waals surface area (Å²) in [6.45, 7) is 58.3. The van der Waals surface area contributed by atoms with Crippen LogP contribution in [0.25, 0.3) is 32.4 Å². The van der Waals surface area contributed by atoms with Gasteiger partial charge in [0.1, 0.15) is 0 Å². The molecule has 500 valence electrons. The summed E-state index contributed by atoms with van der Waals surface area (Å²) >= 11 is 0. The first-order valence-corrected chi connectivity index (χ1v) is 35.3. The second-order valence-corrected chi connectivity index (χ2v) is 25.8. The molecule has 92 heavy (non-hydrogen) atoms. The molecule has 1 saturated heterocycles. The van der Waals surface area contributed by atoms with Crippen molar-refractivity contribution in [3.63, 3.8) is 0 Å². The van der Waals surface area contributed by atoms with Crippen LogP contribution >= 0.6 is 0 Å². The number of benzene rings is 4. The molecule has 4 amide bonds. The minimum absolute atomic E-state index is 0. The number of aryl methyl sites for hydroxylation is 1. The Morgan fingerprint density at radius 1 is 0.348 bits per heavy atom. The summed E-state index contributed by atoms with van der Waals surface area (Å²) in [6, 6.07) is 32.6. The molecule has 8 atom stereocenters. The number of hydrogen-bond acceptors (Lipinski definition) is 4.